The van der Waals surface area contributed by atoms with Crippen LogP contribution in [0.5, 0.6) is 11.5 Å². The molecule has 10 heteroatoms. The van der Waals surface area contributed by atoms with Gasteiger partial charge in [-0.2, -0.15) is 0 Å². The second kappa shape index (κ2) is 13.7. The van der Waals surface area contributed by atoms with E-state index < -0.39 is 18.0 Å². The molecule has 0 unspecified atom stereocenters. The number of benzene rings is 2. The van der Waals surface area contributed by atoms with Gasteiger partial charge in [0, 0.05) is 63.7 Å². The monoisotopic (exact) mass is 621 g/mol. The van der Waals surface area contributed by atoms with Gasteiger partial charge in [0.05, 0.1) is 29.8 Å². The van der Waals surface area contributed by atoms with Crippen LogP contribution in [0.15, 0.2) is 48.5 Å². The highest BCUT2D eigenvalue weighted by Crippen LogP contribution is 2.38. The summed E-state index contributed by atoms with van der Waals surface area (Å²) in [5.74, 6) is 0.870. The number of fused-ring (bicyclic) bond motifs is 1. The van der Waals surface area contributed by atoms with Gasteiger partial charge in [0.15, 0.2) is 0 Å². The predicted molar refractivity (Wildman–Crippen MR) is 169 cm³/mol. The van der Waals surface area contributed by atoms with Crippen LogP contribution in [0.4, 0.5) is 5.82 Å². The number of pyridine rings is 1. The summed E-state index contributed by atoms with van der Waals surface area (Å²) in [6, 6.07) is 16.4. The van der Waals surface area contributed by atoms with Crippen LogP contribution in [0.3, 0.4) is 0 Å². The van der Waals surface area contributed by atoms with E-state index in [1.54, 1.807) is 14.2 Å². The number of nitrogens with zero attached hydrogens (tertiary/aromatic N) is 3. The Hall–Kier alpha value is -3.37. The second-order valence-corrected chi connectivity index (χ2v) is 12.1. The van der Waals surface area contributed by atoms with Gasteiger partial charge in [0.2, 0.25) is 0 Å². The molecule has 6 rings (SSSR count). The lowest BCUT2D eigenvalue weighted by Crippen LogP contribution is -2.47. The Kier molecular flexibility index (Phi) is 9.56. The molecule has 3 aliphatic heterocycles. The number of rotatable bonds is 9. The fraction of sp³-hybridized carbons (Fsp3) is 0.471. The van der Waals surface area contributed by atoms with Crippen molar-refractivity contribution in [2.75, 3.05) is 52.0 Å². The number of carbonyl (C=O) groups is 1. The molecule has 0 spiro atoms. The lowest BCUT2D eigenvalue weighted by molar-refractivity contribution is -0.147. The van der Waals surface area contributed by atoms with Crippen LogP contribution in [0.1, 0.15) is 36.0 Å². The third kappa shape index (κ3) is 6.52. The third-order valence-corrected chi connectivity index (χ3v) is 9.48. The van der Waals surface area contributed by atoms with Crippen molar-refractivity contribution < 1.29 is 28.8 Å². The number of carboxylic acids is 1. The zero-order valence-corrected chi connectivity index (χ0v) is 26.1. The summed E-state index contributed by atoms with van der Waals surface area (Å²) in [6.07, 6.45) is 3.22. The number of piperidine rings is 1. The highest BCUT2D eigenvalue weighted by molar-refractivity contribution is 6.32. The van der Waals surface area contributed by atoms with Crippen molar-refractivity contribution in [2.24, 2.45) is 5.92 Å². The highest BCUT2D eigenvalue weighted by atomic mass is 35.5. The van der Waals surface area contributed by atoms with Gasteiger partial charge in [-0.25, -0.2) is 4.98 Å². The smallest absolute Gasteiger partial charge is 0.309 e. The molecule has 1 aromatic heterocycles. The first kappa shape index (κ1) is 30.6. The number of hydrogen-bond acceptors (Lipinski definition) is 8. The van der Waals surface area contributed by atoms with Gasteiger partial charge < -0.3 is 29.0 Å². The quantitative estimate of drug-likeness (QED) is 0.335. The number of carboxylic acid groups (broad SMARTS) is 1. The molecule has 2 fully saturated rings. The second-order valence-electron chi connectivity index (χ2n) is 11.7. The van der Waals surface area contributed by atoms with E-state index >= 15 is 0 Å². The first-order chi connectivity index (χ1) is 21.4. The minimum atomic E-state index is -0.826. The number of anilines is 1. The molecule has 2 aromatic carbocycles. The Balaban J connectivity index is 1.20. The lowest BCUT2D eigenvalue weighted by atomic mass is 9.94. The molecule has 234 valence electrons. The minimum Gasteiger partial charge on any atom is -0.496 e. The largest absolute Gasteiger partial charge is 0.496 e. The number of aliphatic carboxylic acids is 1. The van der Waals surface area contributed by atoms with Crippen molar-refractivity contribution in [3.8, 4) is 22.8 Å². The van der Waals surface area contributed by atoms with Crippen LogP contribution in [0.2, 0.25) is 5.02 Å². The zero-order valence-electron chi connectivity index (χ0n) is 25.3. The maximum Gasteiger partial charge on any atom is 0.309 e. The van der Waals surface area contributed by atoms with Crippen molar-refractivity contribution in [3.63, 3.8) is 0 Å². The summed E-state index contributed by atoms with van der Waals surface area (Å²) in [6.45, 7) is 4.97. The Labute approximate surface area is 263 Å². The molecule has 1 N–H and O–H groups in total. The van der Waals surface area contributed by atoms with E-state index in [4.69, 9.17) is 35.5 Å². The summed E-state index contributed by atoms with van der Waals surface area (Å²) >= 11 is 6.71. The fourth-order valence-corrected chi connectivity index (χ4v) is 6.98. The Morgan fingerprint density at radius 2 is 1.91 bits per heavy atom. The maximum atomic E-state index is 11.7. The summed E-state index contributed by atoms with van der Waals surface area (Å²) in [5, 5.41) is 10.1. The fourth-order valence-electron chi connectivity index (χ4n) is 6.75. The van der Waals surface area contributed by atoms with Crippen LogP contribution >= 0.6 is 11.6 Å². The minimum absolute atomic E-state index is 0.335. The van der Waals surface area contributed by atoms with Gasteiger partial charge >= 0.3 is 5.97 Å². The first-order valence-electron chi connectivity index (χ1n) is 15.3. The van der Waals surface area contributed by atoms with Crippen LogP contribution in [-0.2, 0) is 33.8 Å². The normalized spacial score (nSPS) is 21.1. The van der Waals surface area contributed by atoms with Crippen molar-refractivity contribution in [2.45, 2.75) is 51.0 Å². The van der Waals surface area contributed by atoms with Crippen LogP contribution < -0.4 is 14.4 Å². The maximum absolute atomic E-state index is 11.7. The molecule has 0 radical (unpaired) electrons. The summed E-state index contributed by atoms with van der Waals surface area (Å²) in [5.41, 5.74) is 5.11. The number of para-hydroxylation sites is 1. The summed E-state index contributed by atoms with van der Waals surface area (Å²) in [7, 11) is 3.29. The number of aromatic nitrogens is 1. The topological polar surface area (TPSA) is 93.6 Å². The van der Waals surface area contributed by atoms with E-state index in [-0.39, 0.29) is 0 Å². The van der Waals surface area contributed by atoms with E-state index in [2.05, 4.69) is 21.9 Å². The predicted octanol–water partition coefficient (Wildman–Crippen LogP) is 5.45. The van der Waals surface area contributed by atoms with Gasteiger partial charge in [-0.3, -0.25) is 9.69 Å². The zero-order chi connectivity index (χ0) is 30.6. The average Bonchev–Trinajstić information content (AvgIpc) is 3.07. The Bertz CT molecular complexity index is 1460. The molecule has 9 nitrogen and oxygen atoms in total. The average molecular weight is 622 g/mol. The van der Waals surface area contributed by atoms with Crippen molar-refractivity contribution >= 4 is 23.4 Å². The Morgan fingerprint density at radius 1 is 1.09 bits per heavy atom. The summed E-state index contributed by atoms with van der Waals surface area (Å²) < 4.78 is 23.4. The molecule has 2 saturated heterocycles. The Morgan fingerprint density at radius 3 is 2.68 bits per heavy atom. The summed E-state index contributed by atoms with van der Waals surface area (Å²) in [4.78, 5) is 21.3. The first-order valence-corrected chi connectivity index (χ1v) is 15.7. The van der Waals surface area contributed by atoms with Crippen LogP contribution in [-0.4, -0.2) is 80.2 Å². The molecule has 0 amide bonds. The van der Waals surface area contributed by atoms with E-state index in [1.165, 1.54) is 11.1 Å². The van der Waals surface area contributed by atoms with Crippen molar-refractivity contribution in [1.82, 2.24) is 9.88 Å². The van der Waals surface area contributed by atoms with E-state index in [1.807, 2.05) is 36.4 Å². The van der Waals surface area contributed by atoms with Gasteiger partial charge in [-0.1, -0.05) is 29.8 Å². The molecule has 4 heterocycles. The SMILES string of the molecule is COc1cc(COc2c(Cl)cccc2-c2cccc(N3CC[C@H](C(=O)O)[C@H](OC)C3)n2)cc2c1CN(C1CCOCC1)CC2. The molecule has 0 saturated carbocycles. The molecule has 2 atom stereocenters. The molecule has 3 aliphatic rings. The highest BCUT2D eigenvalue weighted by Gasteiger charge is 2.35. The number of methoxy groups -OCH3 is 2. The number of ether oxygens (including phenoxy) is 4. The molecular formula is C34H40ClN3O6. The molecule has 0 bridgehead atoms. The molecule has 44 heavy (non-hydrogen) atoms. The van der Waals surface area contributed by atoms with Crippen LogP contribution in [0.25, 0.3) is 11.3 Å². The standard InChI is InChI=1S/C34H40ClN3O6/c1-41-30-18-22(17-23-9-13-37(19-27(23)30)24-11-15-43-16-12-24)21-44-33-25(5-3-6-28(33)35)29-7-4-8-32(36-29)38-14-10-26(34(39)40)31(20-38)42-2/h3-8,17-18,24,26,31H,9-16,19-21H2,1-2H3,(H,39,40)/t26-,31+/m0/s1. The van der Waals surface area contributed by atoms with E-state index in [0.717, 1.165) is 74.0 Å². The van der Waals surface area contributed by atoms with E-state index in [9.17, 15) is 9.90 Å². The van der Waals surface area contributed by atoms with Gasteiger partial charge in [0.1, 0.15) is 23.9 Å². The number of halogens is 1. The van der Waals surface area contributed by atoms with Gasteiger partial charge in [0.25, 0.3) is 0 Å². The number of hydrogen-bond donors (Lipinski definition) is 1. The van der Waals surface area contributed by atoms with Gasteiger partial charge in [-0.15, -0.1) is 0 Å². The van der Waals surface area contributed by atoms with Crippen molar-refractivity contribution in [1.29, 1.82) is 0 Å². The van der Waals surface area contributed by atoms with Crippen molar-refractivity contribution in [3.05, 3.63) is 70.2 Å². The molecular weight excluding hydrogens is 582 g/mol. The van der Waals surface area contributed by atoms with Crippen LogP contribution in [0, 0.1) is 5.92 Å². The third-order valence-electron chi connectivity index (χ3n) is 9.18. The lowest BCUT2D eigenvalue weighted by Gasteiger charge is -2.38. The van der Waals surface area contributed by atoms with E-state index in [0.29, 0.717) is 42.9 Å². The van der Waals surface area contributed by atoms with Gasteiger partial charge in [-0.05, 0) is 67.1 Å². The molecule has 3 aromatic rings. The molecule has 0 aliphatic carbocycles.